The van der Waals surface area contributed by atoms with E-state index in [1.54, 1.807) is 7.11 Å². The Kier molecular flexibility index (Phi) is 4.02. The van der Waals surface area contributed by atoms with Gasteiger partial charge in [-0.1, -0.05) is 12.1 Å². The van der Waals surface area contributed by atoms with Gasteiger partial charge in [-0.15, -0.1) is 11.3 Å². The molecule has 2 aliphatic heterocycles. The van der Waals surface area contributed by atoms with E-state index in [0.29, 0.717) is 17.1 Å². The van der Waals surface area contributed by atoms with Gasteiger partial charge < -0.3 is 15.4 Å². The number of para-hydroxylation sites is 1. The summed E-state index contributed by atoms with van der Waals surface area (Å²) in [5.41, 5.74) is 1.84. The highest BCUT2D eigenvalue weighted by molar-refractivity contribution is 7.17. The molecule has 1 aromatic carbocycles. The number of carbonyl (C=O) groups is 1. The number of amides is 1. The summed E-state index contributed by atoms with van der Waals surface area (Å²) < 4.78 is 5.44. The van der Waals surface area contributed by atoms with Crippen LogP contribution in [-0.2, 0) is 0 Å². The van der Waals surface area contributed by atoms with Crippen molar-refractivity contribution < 1.29 is 9.53 Å². The minimum Gasteiger partial charge on any atom is -0.496 e. The fourth-order valence-corrected chi connectivity index (χ4v) is 4.79. The lowest BCUT2D eigenvalue weighted by molar-refractivity contribution is 0.0930. The number of nitrogens with one attached hydrogen (secondary N) is 2. The fraction of sp³-hybridized carbons (Fsp3) is 0.444. The van der Waals surface area contributed by atoms with Crippen LogP contribution >= 0.6 is 11.3 Å². The second kappa shape index (κ2) is 6.18. The van der Waals surface area contributed by atoms with Crippen LogP contribution in [0.25, 0.3) is 10.4 Å². The third kappa shape index (κ3) is 2.70. The highest BCUT2D eigenvalue weighted by atomic mass is 32.1. The van der Waals surface area contributed by atoms with E-state index in [1.807, 2.05) is 31.2 Å². The van der Waals surface area contributed by atoms with Gasteiger partial charge in [-0.2, -0.15) is 0 Å². The zero-order valence-corrected chi connectivity index (χ0v) is 14.7. The van der Waals surface area contributed by atoms with E-state index in [2.05, 4.69) is 15.6 Å². The predicted octanol–water partition coefficient (Wildman–Crippen LogP) is 2.75. The predicted molar refractivity (Wildman–Crippen MR) is 94.7 cm³/mol. The third-order valence-corrected chi connectivity index (χ3v) is 6.15. The summed E-state index contributed by atoms with van der Waals surface area (Å²) in [5, 5.41) is 7.23. The zero-order chi connectivity index (χ0) is 16.7. The van der Waals surface area contributed by atoms with Crippen LogP contribution in [0.1, 0.15) is 34.8 Å². The number of nitrogens with zero attached hydrogens (tertiary/aromatic N) is 1. The van der Waals surface area contributed by atoms with Gasteiger partial charge in [-0.3, -0.25) is 4.79 Å². The Balaban J connectivity index is 1.56. The first kappa shape index (κ1) is 15.6. The average molecular weight is 343 g/mol. The van der Waals surface area contributed by atoms with Gasteiger partial charge >= 0.3 is 0 Å². The zero-order valence-electron chi connectivity index (χ0n) is 13.8. The number of fused-ring (bicyclic) bond motifs is 2. The number of thiazole rings is 1. The van der Waals surface area contributed by atoms with Crippen LogP contribution in [0.2, 0.25) is 0 Å². The maximum absolute atomic E-state index is 12.6. The number of benzene rings is 1. The molecular weight excluding hydrogens is 322 g/mol. The van der Waals surface area contributed by atoms with Gasteiger partial charge in [0.15, 0.2) is 5.01 Å². The first-order valence-electron chi connectivity index (χ1n) is 8.33. The number of carbonyl (C=O) groups excluding carboxylic acids is 1. The average Bonchev–Trinajstić information content (AvgIpc) is 3.30. The number of aromatic nitrogens is 1. The molecule has 5 nitrogen and oxygen atoms in total. The number of ether oxygens (including phenoxy) is 1. The Morgan fingerprint density at radius 3 is 2.92 bits per heavy atom. The normalized spacial score (nSPS) is 25.0. The van der Waals surface area contributed by atoms with E-state index in [9.17, 15) is 4.79 Å². The van der Waals surface area contributed by atoms with Gasteiger partial charge in [0.2, 0.25) is 0 Å². The van der Waals surface area contributed by atoms with Crippen LogP contribution in [0.4, 0.5) is 0 Å². The summed E-state index contributed by atoms with van der Waals surface area (Å²) in [6.45, 7) is 1.94. The Morgan fingerprint density at radius 1 is 1.38 bits per heavy atom. The van der Waals surface area contributed by atoms with E-state index in [1.165, 1.54) is 17.8 Å². The fourth-order valence-electron chi connectivity index (χ4n) is 3.79. The minimum absolute atomic E-state index is 0.0661. The first-order valence-corrected chi connectivity index (χ1v) is 9.15. The van der Waals surface area contributed by atoms with Gasteiger partial charge in [0.1, 0.15) is 5.75 Å². The van der Waals surface area contributed by atoms with E-state index < -0.39 is 0 Å². The van der Waals surface area contributed by atoms with Crippen molar-refractivity contribution in [2.24, 2.45) is 0 Å². The van der Waals surface area contributed by atoms with Crippen molar-refractivity contribution in [2.45, 2.75) is 44.3 Å². The molecule has 0 unspecified atom stereocenters. The third-order valence-electron chi connectivity index (χ3n) is 4.96. The first-order chi connectivity index (χ1) is 11.7. The number of methoxy groups -OCH3 is 1. The van der Waals surface area contributed by atoms with Gasteiger partial charge in [0.25, 0.3) is 5.91 Å². The van der Waals surface area contributed by atoms with Crippen LogP contribution < -0.4 is 15.4 Å². The maximum atomic E-state index is 12.6. The lowest BCUT2D eigenvalue weighted by Gasteiger charge is -2.20. The van der Waals surface area contributed by atoms with Gasteiger partial charge in [-0.05, 0) is 38.3 Å². The molecule has 0 saturated carbocycles. The largest absolute Gasteiger partial charge is 0.496 e. The summed E-state index contributed by atoms with van der Waals surface area (Å²) in [5.74, 6) is 0.733. The topological polar surface area (TPSA) is 63.2 Å². The molecule has 6 heteroatoms. The molecule has 2 bridgehead atoms. The van der Waals surface area contributed by atoms with Gasteiger partial charge in [0, 0.05) is 23.7 Å². The summed E-state index contributed by atoms with van der Waals surface area (Å²) in [6, 6.07) is 9.06. The number of hydrogen-bond acceptors (Lipinski definition) is 5. The molecule has 4 rings (SSSR count). The molecule has 126 valence electrons. The van der Waals surface area contributed by atoms with Crippen molar-refractivity contribution in [1.82, 2.24) is 15.6 Å². The molecule has 3 atom stereocenters. The number of aryl methyl sites for hydroxylation is 1. The second-order valence-corrected chi connectivity index (χ2v) is 7.50. The smallest absolute Gasteiger partial charge is 0.280 e. The Labute approximate surface area is 145 Å². The van der Waals surface area contributed by atoms with Crippen molar-refractivity contribution in [1.29, 1.82) is 0 Å². The lowest BCUT2D eigenvalue weighted by atomic mass is 9.95. The summed E-state index contributed by atoms with van der Waals surface area (Å²) in [4.78, 5) is 18.1. The molecule has 2 saturated heterocycles. The van der Waals surface area contributed by atoms with E-state index >= 15 is 0 Å². The van der Waals surface area contributed by atoms with Crippen molar-refractivity contribution in [2.75, 3.05) is 7.11 Å². The van der Waals surface area contributed by atoms with Crippen LogP contribution in [-0.4, -0.2) is 36.1 Å². The van der Waals surface area contributed by atoms with Crippen molar-refractivity contribution in [3.8, 4) is 16.2 Å². The summed E-state index contributed by atoms with van der Waals surface area (Å²) in [6.07, 6.45) is 3.41. The molecule has 1 amide bonds. The maximum Gasteiger partial charge on any atom is 0.280 e. The summed E-state index contributed by atoms with van der Waals surface area (Å²) in [7, 11) is 1.66. The summed E-state index contributed by atoms with van der Waals surface area (Å²) >= 11 is 1.43. The molecule has 0 radical (unpaired) electrons. The molecular formula is C18H21N3O2S. The van der Waals surface area contributed by atoms with Crippen LogP contribution in [0.5, 0.6) is 5.75 Å². The Morgan fingerprint density at radius 2 is 2.21 bits per heavy atom. The van der Waals surface area contributed by atoms with E-state index in [-0.39, 0.29) is 11.9 Å². The van der Waals surface area contributed by atoms with E-state index in [0.717, 1.165) is 34.7 Å². The SMILES string of the molecule is COc1ccccc1-c1sc(C(=O)N[C@@H]2C[C@H]3CC[C@@H]2N3)nc1C. The lowest BCUT2D eigenvalue weighted by Crippen LogP contribution is -2.42. The molecule has 2 N–H and O–H groups in total. The van der Waals surface area contributed by atoms with Gasteiger partial charge in [-0.25, -0.2) is 4.98 Å². The molecule has 2 aliphatic rings. The molecule has 3 heterocycles. The van der Waals surface area contributed by atoms with Gasteiger partial charge in [0.05, 0.1) is 17.7 Å². The molecule has 2 fully saturated rings. The molecule has 24 heavy (non-hydrogen) atoms. The molecule has 0 spiro atoms. The molecule has 0 aliphatic carbocycles. The number of rotatable bonds is 4. The van der Waals surface area contributed by atoms with E-state index in [4.69, 9.17) is 4.74 Å². The van der Waals surface area contributed by atoms with Crippen molar-refractivity contribution in [3.63, 3.8) is 0 Å². The van der Waals surface area contributed by atoms with Crippen LogP contribution in [0.15, 0.2) is 24.3 Å². The number of hydrogen-bond donors (Lipinski definition) is 2. The molecule has 2 aromatic rings. The molecule has 1 aromatic heterocycles. The highest BCUT2D eigenvalue weighted by Crippen LogP contribution is 2.36. The van der Waals surface area contributed by atoms with Crippen LogP contribution in [0, 0.1) is 6.92 Å². The van der Waals surface area contributed by atoms with Crippen molar-refractivity contribution >= 4 is 17.2 Å². The minimum atomic E-state index is -0.0661. The highest BCUT2D eigenvalue weighted by Gasteiger charge is 2.40. The van der Waals surface area contributed by atoms with Crippen molar-refractivity contribution in [3.05, 3.63) is 35.0 Å². The van der Waals surface area contributed by atoms with Crippen LogP contribution in [0.3, 0.4) is 0 Å². The monoisotopic (exact) mass is 343 g/mol. The standard InChI is InChI=1S/C18H21N3O2S/c1-10-16(12-5-3-4-6-15(12)23-2)24-18(19-10)17(22)21-14-9-11-7-8-13(14)20-11/h3-6,11,13-14,20H,7-9H2,1-2H3,(H,21,22)/t11-,13+,14-/m1/s1. The Bertz CT molecular complexity index is 773. The second-order valence-electron chi connectivity index (χ2n) is 6.50. The Hall–Kier alpha value is -1.92. The quantitative estimate of drug-likeness (QED) is 0.896.